The predicted octanol–water partition coefficient (Wildman–Crippen LogP) is 2.76. The predicted molar refractivity (Wildman–Crippen MR) is 90.3 cm³/mol. The second-order valence-corrected chi connectivity index (χ2v) is 7.17. The van der Waals surface area contributed by atoms with Crippen LogP contribution in [-0.4, -0.2) is 37.4 Å². The molecule has 2 aliphatic heterocycles. The number of hydrogen-bond donors (Lipinski definition) is 0. The second-order valence-electron chi connectivity index (χ2n) is 7.17. The van der Waals surface area contributed by atoms with Gasteiger partial charge in [-0.2, -0.15) is 0 Å². The van der Waals surface area contributed by atoms with E-state index < -0.39 is 0 Å². The van der Waals surface area contributed by atoms with Gasteiger partial charge in [-0.1, -0.05) is 13.8 Å². The summed E-state index contributed by atoms with van der Waals surface area (Å²) in [5.41, 5.74) is 2.27. The first-order chi connectivity index (χ1) is 11.5. The van der Waals surface area contributed by atoms with Crippen molar-refractivity contribution in [1.82, 2.24) is 4.90 Å². The SMILES string of the molecule is COc1cc2c(cc1OC=O)CCN1CC(CC(C)C)C(=O)CC21. The molecule has 0 radical (unpaired) electrons. The van der Waals surface area contributed by atoms with E-state index in [1.54, 1.807) is 7.11 Å². The highest BCUT2D eigenvalue weighted by Gasteiger charge is 2.38. The summed E-state index contributed by atoms with van der Waals surface area (Å²) in [6, 6.07) is 3.93. The van der Waals surface area contributed by atoms with E-state index in [4.69, 9.17) is 9.47 Å². The van der Waals surface area contributed by atoms with E-state index in [2.05, 4.69) is 18.7 Å². The number of methoxy groups -OCH3 is 1. The first-order valence-electron chi connectivity index (χ1n) is 8.61. The van der Waals surface area contributed by atoms with Crippen LogP contribution in [0.15, 0.2) is 12.1 Å². The number of nitrogens with zero attached hydrogens (tertiary/aromatic N) is 1. The third kappa shape index (κ3) is 3.18. The standard InChI is InChI=1S/C19H25NO4/c1-12(2)6-14-10-20-5-4-13-7-19(24-11-21)18(23-3)8-15(13)16(20)9-17(14)22/h7-8,11-12,14,16H,4-6,9-10H2,1-3H3. The molecular formula is C19H25NO4. The smallest absolute Gasteiger partial charge is 0.298 e. The fourth-order valence-electron chi connectivity index (χ4n) is 4.04. The Morgan fingerprint density at radius 2 is 2.12 bits per heavy atom. The molecule has 0 aromatic heterocycles. The molecule has 130 valence electrons. The fourth-order valence-corrected chi connectivity index (χ4v) is 4.04. The molecule has 1 aromatic carbocycles. The summed E-state index contributed by atoms with van der Waals surface area (Å²) in [6.45, 7) is 6.54. The summed E-state index contributed by atoms with van der Waals surface area (Å²) in [4.78, 5) is 25.7. The molecule has 5 heteroatoms. The van der Waals surface area contributed by atoms with Crippen molar-refractivity contribution in [2.45, 2.75) is 39.2 Å². The van der Waals surface area contributed by atoms with Gasteiger partial charge in [0.05, 0.1) is 7.11 Å². The summed E-state index contributed by atoms with van der Waals surface area (Å²) < 4.78 is 10.4. The van der Waals surface area contributed by atoms with E-state index >= 15 is 0 Å². The Bertz CT molecular complexity index is 640. The normalized spacial score (nSPS) is 23.6. The fraction of sp³-hybridized carbons (Fsp3) is 0.579. The Labute approximate surface area is 142 Å². The zero-order valence-corrected chi connectivity index (χ0v) is 14.6. The minimum absolute atomic E-state index is 0.115. The molecule has 0 amide bonds. The summed E-state index contributed by atoms with van der Waals surface area (Å²) in [6.07, 6.45) is 2.42. The van der Waals surface area contributed by atoms with E-state index in [1.807, 2.05) is 12.1 Å². The zero-order valence-electron chi connectivity index (χ0n) is 14.6. The van der Waals surface area contributed by atoms with Gasteiger partial charge >= 0.3 is 0 Å². The average molecular weight is 331 g/mol. The van der Waals surface area contributed by atoms with Crippen molar-refractivity contribution in [3.8, 4) is 11.5 Å². The summed E-state index contributed by atoms with van der Waals surface area (Å²) in [5.74, 6) is 2.04. The number of benzene rings is 1. The lowest BCUT2D eigenvalue weighted by Crippen LogP contribution is -2.46. The molecule has 0 bridgehead atoms. The average Bonchev–Trinajstić information content (AvgIpc) is 2.55. The maximum absolute atomic E-state index is 12.6. The van der Waals surface area contributed by atoms with E-state index in [-0.39, 0.29) is 12.0 Å². The van der Waals surface area contributed by atoms with E-state index in [1.165, 1.54) is 0 Å². The molecule has 3 rings (SSSR count). The number of rotatable bonds is 5. The number of carbonyl (C=O) groups is 2. The van der Waals surface area contributed by atoms with Crippen molar-refractivity contribution < 1.29 is 19.1 Å². The lowest BCUT2D eigenvalue weighted by molar-refractivity contribution is -0.129. The molecule has 1 aromatic rings. The molecule has 1 saturated heterocycles. The van der Waals surface area contributed by atoms with Gasteiger partial charge in [-0.15, -0.1) is 0 Å². The van der Waals surface area contributed by atoms with Crippen LogP contribution >= 0.6 is 0 Å². The van der Waals surface area contributed by atoms with Crippen LogP contribution in [-0.2, 0) is 16.0 Å². The van der Waals surface area contributed by atoms with Crippen molar-refractivity contribution in [2.24, 2.45) is 11.8 Å². The molecule has 2 heterocycles. The van der Waals surface area contributed by atoms with E-state index in [0.29, 0.717) is 36.1 Å². The number of piperidine rings is 1. The molecule has 0 saturated carbocycles. The van der Waals surface area contributed by atoms with Crippen LogP contribution in [0.2, 0.25) is 0 Å². The van der Waals surface area contributed by atoms with Gasteiger partial charge in [-0.3, -0.25) is 14.5 Å². The van der Waals surface area contributed by atoms with Crippen LogP contribution in [0.4, 0.5) is 0 Å². The third-order valence-electron chi connectivity index (χ3n) is 5.13. The van der Waals surface area contributed by atoms with E-state index in [9.17, 15) is 9.59 Å². The van der Waals surface area contributed by atoms with Crippen LogP contribution < -0.4 is 9.47 Å². The maximum atomic E-state index is 12.6. The minimum atomic E-state index is 0.115. The maximum Gasteiger partial charge on any atom is 0.298 e. The lowest BCUT2D eigenvalue weighted by Gasteiger charge is -2.43. The quantitative estimate of drug-likeness (QED) is 0.777. The van der Waals surface area contributed by atoms with Gasteiger partial charge in [0.25, 0.3) is 6.47 Å². The molecule has 1 fully saturated rings. The molecular weight excluding hydrogens is 306 g/mol. The Balaban J connectivity index is 1.89. The van der Waals surface area contributed by atoms with Gasteiger partial charge in [0.2, 0.25) is 0 Å². The first-order valence-corrected chi connectivity index (χ1v) is 8.61. The molecule has 0 aliphatic carbocycles. The number of Topliss-reactive ketones (excluding diaryl/α,β-unsaturated/α-hetero) is 1. The number of ketones is 1. The van der Waals surface area contributed by atoms with Gasteiger partial charge in [0, 0.05) is 31.5 Å². The van der Waals surface area contributed by atoms with Crippen molar-refractivity contribution in [3.05, 3.63) is 23.3 Å². The minimum Gasteiger partial charge on any atom is -0.493 e. The van der Waals surface area contributed by atoms with Crippen LogP contribution in [0.3, 0.4) is 0 Å². The molecule has 24 heavy (non-hydrogen) atoms. The number of fused-ring (bicyclic) bond motifs is 3. The highest BCUT2D eigenvalue weighted by molar-refractivity contribution is 5.83. The van der Waals surface area contributed by atoms with Gasteiger partial charge in [0.1, 0.15) is 5.78 Å². The zero-order chi connectivity index (χ0) is 17.3. The van der Waals surface area contributed by atoms with Crippen molar-refractivity contribution in [3.63, 3.8) is 0 Å². The van der Waals surface area contributed by atoms with Crippen molar-refractivity contribution >= 4 is 12.3 Å². The molecule has 2 aliphatic rings. The van der Waals surface area contributed by atoms with Crippen LogP contribution in [0.1, 0.15) is 43.9 Å². The first kappa shape index (κ1) is 17.0. The molecule has 5 nitrogen and oxygen atoms in total. The van der Waals surface area contributed by atoms with Crippen LogP contribution in [0, 0.1) is 11.8 Å². The van der Waals surface area contributed by atoms with E-state index in [0.717, 1.165) is 37.1 Å². The summed E-state index contributed by atoms with van der Waals surface area (Å²) >= 11 is 0. The Hall–Kier alpha value is -1.88. The van der Waals surface area contributed by atoms with Gasteiger partial charge in [0.15, 0.2) is 11.5 Å². The monoisotopic (exact) mass is 331 g/mol. The molecule has 2 unspecified atom stereocenters. The number of carbonyl (C=O) groups excluding carboxylic acids is 2. The van der Waals surface area contributed by atoms with Crippen molar-refractivity contribution in [2.75, 3.05) is 20.2 Å². The van der Waals surface area contributed by atoms with Gasteiger partial charge in [-0.25, -0.2) is 0 Å². The van der Waals surface area contributed by atoms with Gasteiger partial charge < -0.3 is 9.47 Å². The number of hydrogen-bond acceptors (Lipinski definition) is 5. The Kier molecular flexibility index (Phi) is 4.90. The van der Waals surface area contributed by atoms with Gasteiger partial charge in [-0.05, 0) is 42.0 Å². The summed E-state index contributed by atoms with van der Waals surface area (Å²) in [5, 5.41) is 0. The molecule has 0 spiro atoms. The highest BCUT2D eigenvalue weighted by Crippen LogP contribution is 2.42. The Morgan fingerprint density at radius 3 is 2.79 bits per heavy atom. The molecule has 2 atom stereocenters. The van der Waals surface area contributed by atoms with Crippen molar-refractivity contribution in [1.29, 1.82) is 0 Å². The third-order valence-corrected chi connectivity index (χ3v) is 5.13. The molecule has 0 N–H and O–H groups in total. The number of ether oxygens (including phenoxy) is 2. The van der Waals surface area contributed by atoms with Crippen LogP contribution in [0.25, 0.3) is 0 Å². The largest absolute Gasteiger partial charge is 0.493 e. The summed E-state index contributed by atoms with van der Waals surface area (Å²) in [7, 11) is 1.56. The second kappa shape index (κ2) is 6.93. The Morgan fingerprint density at radius 1 is 1.33 bits per heavy atom. The topological polar surface area (TPSA) is 55.8 Å². The highest BCUT2D eigenvalue weighted by atomic mass is 16.5. The lowest BCUT2D eigenvalue weighted by atomic mass is 9.80. The van der Waals surface area contributed by atoms with Crippen LogP contribution in [0.5, 0.6) is 11.5 Å².